The molecule has 1 aromatic rings. The van der Waals surface area contributed by atoms with Crippen molar-refractivity contribution in [1.29, 1.82) is 0 Å². The average molecular weight is 418 g/mol. The van der Waals surface area contributed by atoms with Gasteiger partial charge in [0.05, 0.1) is 19.8 Å². The number of phenolic OH excluding ortho intramolecular Hbond substituents is 1. The van der Waals surface area contributed by atoms with E-state index in [0.717, 1.165) is 0 Å². The number of ether oxygens (including phenoxy) is 4. The summed E-state index contributed by atoms with van der Waals surface area (Å²) in [6.45, 7) is 0.252. The van der Waals surface area contributed by atoms with Gasteiger partial charge < -0.3 is 54.7 Å². The molecule has 8 atom stereocenters. The van der Waals surface area contributed by atoms with Gasteiger partial charge in [0.25, 0.3) is 0 Å². The van der Waals surface area contributed by atoms with Crippen molar-refractivity contribution in [2.75, 3.05) is 19.8 Å². The van der Waals surface area contributed by atoms with Crippen LogP contribution in [-0.4, -0.2) is 104 Å². The molecule has 3 rings (SSSR count). The van der Waals surface area contributed by atoms with Crippen LogP contribution in [0.2, 0.25) is 0 Å². The Morgan fingerprint density at radius 3 is 2.41 bits per heavy atom. The van der Waals surface area contributed by atoms with Gasteiger partial charge in [-0.2, -0.15) is 0 Å². The first-order valence-corrected chi connectivity index (χ1v) is 9.06. The number of benzene rings is 1. The zero-order valence-corrected chi connectivity index (χ0v) is 15.7. The number of rotatable bonds is 6. The largest absolute Gasteiger partial charge is 0.508 e. The van der Waals surface area contributed by atoms with Crippen LogP contribution in [0.3, 0.4) is 0 Å². The van der Waals surface area contributed by atoms with E-state index in [1.54, 1.807) is 13.0 Å². The molecule has 1 aromatic carbocycles. The lowest BCUT2D eigenvalue weighted by atomic mass is 9.99. The highest BCUT2D eigenvalue weighted by atomic mass is 16.7. The van der Waals surface area contributed by atoms with Gasteiger partial charge in [0.15, 0.2) is 6.29 Å². The normalized spacial score (nSPS) is 40.2. The van der Waals surface area contributed by atoms with Crippen molar-refractivity contribution >= 4 is 0 Å². The highest BCUT2D eigenvalue weighted by molar-refractivity contribution is 5.37. The zero-order valence-electron chi connectivity index (χ0n) is 15.7. The van der Waals surface area contributed by atoms with Crippen LogP contribution >= 0.6 is 0 Å². The maximum absolute atomic E-state index is 10.2. The van der Waals surface area contributed by atoms with Crippen molar-refractivity contribution < 1.29 is 54.7 Å². The van der Waals surface area contributed by atoms with E-state index in [4.69, 9.17) is 24.1 Å². The third kappa shape index (κ3) is 4.63. The lowest BCUT2D eigenvalue weighted by Gasteiger charge is -2.40. The fourth-order valence-electron chi connectivity index (χ4n) is 3.21. The fraction of sp³-hybridized carbons (Fsp3) is 0.667. The Balaban J connectivity index is 1.64. The summed E-state index contributed by atoms with van der Waals surface area (Å²) >= 11 is 0. The van der Waals surface area contributed by atoms with Gasteiger partial charge in [-0.05, 0) is 24.6 Å². The first-order chi connectivity index (χ1) is 13.6. The van der Waals surface area contributed by atoms with Gasteiger partial charge in [-0.25, -0.2) is 0 Å². The summed E-state index contributed by atoms with van der Waals surface area (Å²) in [5.74, 6) is 0.117. The maximum Gasteiger partial charge on any atom is 0.229 e. The van der Waals surface area contributed by atoms with E-state index in [0.29, 0.717) is 5.56 Å². The molecule has 0 bridgehead atoms. The molecule has 2 heterocycles. The SMILES string of the molecule is Cc1cc(O)cc(O[C@H]2O[C@H](CO[C@@H]3OC[C@](O)(CO)[C@H]3O)[C@@H](O)[C@H](O)[C@H]2O)c1. The van der Waals surface area contributed by atoms with Crippen molar-refractivity contribution in [3.05, 3.63) is 23.8 Å². The average Bonchev–Trinajstić information content (AvgIpc) is 2.95. The molecule has 2 fully saturated rings. The topological polar surface area (TPSA) is 179 Å². The van der Waals surface area contributed by atoms with Crippen LogP contribution in [0.15, 0.2) is 18.2 Å². The Morgan fingerprint density at radius 2 is 1.79 bits per heavy atom. The summed E-state index contributed by atoms with van der Waals surface area (Å²) in [6.07, 6.45) is -10.1. The predicted molar refractivity (Wildman–Crippen MR) is 93.9 cm³/mol. The van der Waals surface area contributed by atoms with E-state index < -0.39 is 55.3 Å². The summed E-state index contributed by atoms with van der Waals surface area (Å²) in [6, 6.07) is 4.38. The molecule has 0 spiro atoms. The number of hydrogen-bond acceptors (Lipinski definition) is 11. The number of aromatic hydroxyl groups is 1. The van der Waals surface area contributed by atoms with Gasteiger partial charge in [0.2, 0.25) is 6.29 Å². The summed E-state index contributed by atoms with van der Waals surface area (Å²) in [5, 5.41) is 69.2. The molecule has 0 aliphatic carbocycles. The Hall–Kier alpha value is -1.54. The second kappa shape index (κ2) is 8.68. The first kappa shape index (κ1) is 22.2. The van der Waals surface area contributed by atoms with Crippen molar-refractivity contribution in [1.82, 2.24) is 0 Å². The van der Waals surface area contributed by atoms with Gasteiger partial charge in [-0.1, -0.05) is 0 Å². The van der Waals surface area contributed by atoms with Crippen LogP contribution in [0.5, 0.6) is 11.5 Å². The Bertz CT molecular complexity index is 680. The van der Waals surface area contributed by atoms with Gasteiger partial charge in [-0.3, -0.25) is 0 Å². The van der Waals surface area contributed by atoms with E-state index in [9.17, 15) is 30.6 Å². The number of hydrogen-bond donors (Lipinski definition) is 7. The number of aliphatic hydroxyl groups is 6. The quantitative estimate of drug-likeness (QED) is 0.256. The summed E-state index contributed by atoms with van der Waals surface area (Å²) < 4.78 is 21.4. The third-order valence-electron chi connectivity index (χ3n) is 4.96. The van der Waals surface area contributed by atoms with Crippen LogP contribution < -0.4 is 4.74 Å². The van der Waals surface area contributed by atoms with Crippen LogP contribution in [-0.2, 0) is 14.2 Å². The lowest BCUT2D eigenvalue weighted by Crippen LogP contribution is -2.60. The van der Waals surface area contributed by atoms with Crippen molar-refractivity contribution in [2.45, 2.75) is 55.6 Å². The van der Waals surface area contributed by atoms with E-state index >= 15 is 0 Å². The van der Waals surface area contributed by atoms with Gasteiger partial charge in [0.1, 0.15) is 47.6 Å². The highest BCUT2D eigenvalue weighted by Gasteiger charge is 2.50. The van der Waals surface area contributed by atoms with Gasteiger partial charge >= 0.3 is 0 Å². The molecule has 0 amide bonds. The molecule has 0 unspecified atom stereocenters. The molecule has 2 aliphatic heterocycles. The van der Waals surface area contributed by atoms with Crippen LogP contribution in [0.1, 0.15) is 5.56 Å². The molecule has 164 valence electrons. The van der Waals surface area contributed by atoms with Crippen LogP contribution in [0.4, 0.5) is 0 Å². The van der Waals surface area contributed by atoms with Crippen molar-refractivity contribution in [3.8, 4) is 11.5 Å². The summed E-state index contributed by atoms with van der Waals surface area (Å²) in [7, 11) is 0. The molecular weight excluding hydrogens is 392 g/mol. The van der Waals surface area contributed by atoms with Crippen LogP contribution in [0, 0.1) is 6.92 Å². The second-order valence-corrected chi connectivity index (χ2v) is 7.36. The molecule has 0 saturated carbocycles. The minimum atomic E-state index is -1.87. The predicted octanol–water partition coefficient (Wildman–Crippen LogP) is -2.66. The van der Waals surface area contributed by atoms with E-state index in [-0.39, 0.29) is 24.7 Å². The molecule has 2 aliphatic rings. The van der Waals surface area contributed by atoms with Crippen molar-refractivity contribution in [3.63, 3.8) is 0 Å². The van der Waals surface area contributed by atoms with Crippen molar-refractivity contribution in [2.24, 2.45) is 0 Å². The zero-order chi connectivity index (χ0) is 21.3. The third-order valence-corrected chi connectivity index (χ3v) is 4.96. The molecule has 7 N–H and O–H groups in total. The summed E-state index contributed by atoms with van der Waals surface area (Å²) in [5.41, 5.74) is -1.18. The van der Waals surface area contributed by atoms with E-state index in [1.807, 2.05) is 0 Å². The Kier molecular flexibility index (Phi) is 6.63. The smallest absolute Gasteiger partial charge is 0.229 e. The molecule has 29 heavy (non-hydrogen) atoms. The summed E-state index contributed by atoms with van der Waals surface area (Å²) in [4.78, 5) is 0. The fourth-order valence-corrected chi connectivity index (χ4v) is 3.21. The molecule has 0 radical (unpaired) electrons. The molecular formula is C18H26O11. The number of phenols is 1. The molecule has 0 aromatic heterocycles. The lowest BCUT2D eigenvalue weighted by molar-refractivity contribution is -0.289. The number of aryl methyl sites for hydroxylation is 1. The van der Waals surface area contributed by atoms with E-state index in [2.05, 4.69) is 0 Å². The minimum Gasteiger partial charge on any atom is -0.508 e. The molecule has 11 heteroatoms. The maximum atomic E-state index is 10.2. The highest BCUT2D eigenvalue weighted by Crippen LogP contribution is 2.29. The van der Waals surface area contributed by atoms with Gasteiger partial charge in [0, 0.05) is 6.07 Å². The standard InChI is InChI=1S/C18H26O11/c1-8-2-9(20)4-10(3-8)28-16-14(23)13(22)12(21)11(29-16)5-26-17-15(24)18(25,6-19)7-27-17/h2-4,11-17,19-25H,5-7H2,1H3/t11-,12-,13+,14-,15+,16+,17-,18-/m1/s1. The van der Waals surface area contributed by atoms with Crippen LogP contribution in [0.25, 0.3) is 0 Å². The number of aliphatic hydroxyl groups excluding tert-OH is 5. The van der Waals surface area contributed by atoms with E-state index in [1.165, 1.54) is 12.1 Å². The first-order valence-electron chi connectivity index (χ1n) is 9.06. The monoisotopic (exact) mass is 418 g/mol. The molecule has 2 saturated heterocycles. The Morgan fingerprint density at radius 1 is 1.07 bits per heavy atom. The minimum absolute atomic E-state index is 0.0606. The van der Waals surface area contributed by atoms with Gasteiger partial charge in [-0.15, -0.1) is 0 Å². The second-order valence-electron chi connectivity index (χ2n) is 7.36. The molecule has 11 nitrogen and oxygen atoms in total. The Labute approximate surface area is 166 Å².